The summed E-state index contributed by atoms with van der Waals surface area (Å²) in [6.07, 6.45) is 2.70. The van der Waals surface area contributed by atoms with Crippen molar-refractivity contribution in [1.82, 2.24) is 0 Å². The maximum absolute atomic E-state index is 2.56. The van der Waals surface area contributed by atoms with E-state index in [0.29, 0.717) is 0 Å². The molecule has 12 heavy (non-hydrogen) atoms. The maximum atomic E-state index is 2.56. The van der Waals surface area contributed by atoms with Crippen LogP contribution < -0.4 is 0 Å². The van der Waals surface area contributed by atoms with E-state index in [1.165, 1.54) is 12.8 Å². The quantitative estimate of drug-likeness (QED) is 0.493. The molecule has 1 heteroatoms. The molecule has 0 saturated carbocycles. The lowest BCUT2D eigenvalue weighted by atomic mass is 9.84. The molecule has 0 spiro atoms. The number of benzene rings is 1. The molecule has 1 aliphatic rings. The summed E-state index contributed by atoms with van der Waals surface area (Å²) < 4.78 is 0.745. The molecule has 1 aliphatic carbocycles. The molecule has 0 amide bonds. The van der Waals surface area contributed by atoms with Gasteiger partial charge in [-0.25, -0.2) is 0 Å². The maximum Gasteiger partial charge on any atom is 0.0362 e. The Kier molecular flexibility index (Phi) is 2.40. The van der Waals surface area contributed by atoms with Gasteiger partial charge in [0.15, 0.2) is 0 Å². The number of halogens is 1. The number of fused-ring (bicyclic) bond motifs is 1. The Balaban J connectivity index is 2.47. The summed E-state index contributed by atoms with van der Waals surface area (Å²) in [6, 6.07) is 8.87. The second-order valence-corrected chi connectivity index (χ2v) is 5.08. The van der Waals surface area contributed by atoms with Crippen molar-refractivity contribution >= 4 is 22.6 Å². The topological polar surface area (TPSA) is 0 Å². The monoisotopic (exact) mass is 272 g/mol. The van der Waals surface area contributed by atoms with E-state index in [0.717, 1.165) is 9.84 Å². The fourth-order valence-electron chi connectivity index (χ4n) is 1.95. The number of hydrogen-bond acceptors (Lipinski definition) is 0. The standard InChI is InChI=1S/C11H13I/c1-8-6-7-11(12)10-5-3-2-4-9(8)10/h2-5,8,11H,6-7H2,1H3. The predicted octanol–water partition coefficient (Wildman–Crippen LogP) is 4.06. The zero-order chi connectivity index (χ0) is 8.55. The van der Waals surface area contributed by atoms with Gasteiger partial charge in [0.1, 0.15) is 0 Å². The van der Waals surface area contributed by atoms with Gasteiger partial charge in [0.25, 0.3) is 0 Å². The molecule has 0 N–H and O–H groups in total. The van der Waals surface area contributed by atoms with Crippen molar-refractivity contribution in [1.29, 1.82) is 0 Å². The van der Waals surface area contributed by atoms with E-state index in [1.807, 2.05) is 0 Å². The summed E-state index contributed by atoms with van der Waals surface area (Å²) in [7, 11) is 0. The first-order valence-electron chi connectivity index (χ1n) is 4.52. The summed E-state index contributed by atoms with van der Waals surface area (Å²) in [5.74, 6) is 0.771. The van der Waals surface area contributed by atoms with Crippen LogP contribution in [0.3, 0.4) is 0 Å². The zero-order valence-corrected chi connectivity index (χ0v) is 9.41. The highest BCUT2D eigenvalue weighted by Gasteiger charge is 2.21. The number of rotatable bonds is 0. The Morgan fingerprint density at radius 3 is 2.50 bits per heavy atom. The Morgan fingerprint density at radius 2 is 1.83 bits per heavy atom. The van der Waals surface area contributed by atoms with Crippen molar-refractivity contribution in [2.24, 2.45) is 0 Å². The molecule has 0 heterocycles. The van der Waals surface area contributed by atoms with Crippen LogP contribution in [-0.4, -0.2) is 0 Å². The molecular formula is C11H13I. The highest BCUT2D eigenvalue weighted by molar-refractivity contribution is 14.1. The van der Waals surface area contributed by atoms with E-state index in [9.17, 15) is 0 Å². The van der Waals surface area contributed by atoms with Crippen molar-refractivity contribution in [2.45, 2.75) is 29.6 Å². The van der Waals surface area contributed by atoms with Crippen LogP contribution in [-0.2, 0) is 0 Å². The van der Waals surface area contributed by atoms with Crippen molar-refractivity contribution in [3.63, 3.8) is 0 Å². The average Bonchev–Trinajstić information content (AvgIpc) is 2.12. The second-order valence-electron chi connectivity index (χ2n) is 3.57. The first-order valence-corrected chi connectivity index (χ1v) is 5.76. The minimum atomic E-state index is 0.745. The van der Waals surface area contributed by atoms with Gasteiger partial charge in [-0.3, -0.25) is 0 Å². The normalized spacial score (nSPS) is 28.2. The first-order chi connectivity index (χ1) is 5.79. The molecule has 2 atom stereocenters. The predicted molar refractivity (Wildman–Crippen MR) is 60.9 cm³/mol. The molecule has 2 rings (SSSR count). The van der Waals surface area contributed by atoms with Gasteiger partial charge >= 0.3 is 0 Å². The summed E-state index contributed by atoms with van der Waals surface area (Å²) >= 11 is 2.56. The van der Waals surface area contributed by atoms with Crippen molar-refractivity contribution in [3.05, 3.63) is 35.4 Å². The summed E-state index contributed by atoms with van der Waals surface area (Å²) in [5.41, 5.74) is 3.14. The van der Waals surface area contributed by atoms with E-state index in [-0.39, 0.29) is 0 Å². The van der Waals surface area contributed by atoms with Crippen LogP contribution in [0.25, 0.3) is 0 Å². The lowest BCUT2D eigenvalue weighted by Gasteiger charge is -2.26. The van der Waals surface area contributed by atoms with E-state index in [2.05, 4.69) is 53.8 Å². The number of alkyl halides is 1. The molecule has 0 aromatic heterocycles. The fourth-order valence-corrected chi connectivity index (χ4v) is 2.88. The Labute approximate surface area is 87.5 Å². The molecular weight excluding hydrogens is 259 g/mol. The summed E-state index contributed by atoms with van der Waals surface area (Å²) in [4.78, 5) is 0. The molecule has 0 bridgehead atoms. The second kappa shape index (κ2) is 3.36. The third-order valence-electron chi connectivity index (χ3n) is 2.72. The minimum Gasteiger partial charge on any atom is -0.0774 e. The van der Waals surface area contributed by atoms with Crippen molar-refractivity contribution in [3.8, 4) is 0 Å². The molecule has 1 aromatic carbocycles. The van der Waals surface area contributed by atoms with Crippen LogP contribution in [0.4, 0.5) is 0 Å². The van der Waals surface area contributed by atoms with Gasteiger partial charge in [-0.05, 0) is 29.9 Å². The fraction of sp³-hybridized carbons (Fsp3) is 0.455. The largest absolute Gasteiger partial charge is 0.0774 e. The molecule has 0 fully saturated rings. The molecule has 64 valence electrons. The Bertz CT molecular complexity index is 251. The Hall–Kier alpha value is -0.0500. The van der Waals surface area contributed by atoms with E-state index >= 15 is 0 Å². The van der Waals surface area contributed by atoms with E-state index in [1.54, 1.807) is 11.1 Å². The van der Waals surface area contributed by atoms with Crippen LogP contribution in [0.1, 0.15) is 40.7 Å². The first kappa shape index (κ1) is 8.54. The average molecular weight is 272 g/mol. The molecule has 2 unspecified atom stereocenters. The van der Waals surface area contributed by atoms with Gasteiger partial charge in [0, 0.05) is 3.92 Å². The van der Waals surface area contributed by atoms with E-state index in [4.69, 9.17) is 0 Å². The smallest absolute Gasteiger partial charge is 0.0362 e. The lowest BCUT2D eigenvalue weighted by molar-refractivity contribution is 0.592. The molecule has 1 aromatic rings. The molecule has 0 nitrogen and oxygen atoms in total. The van der Waals surface area contributed by atoms with Crippen LogP contribution in [0.2, 0.25) is 0 Å². The zero-order valence-electron chi connectivity index (χ0n) is 7.26. The van der Waals surface area contributed by atoms with Gasteiger partial charge in [0.05, 0.1) is 0 Å². The third-order valence-corrected chi connectivity index (χ3v) is 4.01. The van der Waals surface area contributed by atoms with Crippen LogP contribution >= 0.6 is 22.6 Å². The van der Waals surface area contributed by atoms with Crippen LogP contribution in [0, 0.1) is 0 Å². The highest BCUT2D eigenvalue weighted by atomic mass is 127. The molecule has 0 radical (unpaired) electrons. The molecule has 0 aliphatic heterocycles. The number of hydrogen-bond donors (Lipinski definition) is 0. The Morgan fingerprint density at radius 1 is 1.17 bits per heavy atom. The molecule has 0 saturated heterocycles. The van der Waals surface area contributed by atoms with Gasteiger partial charge in [0.2, 0.25) is 0 Å². The van der Waals surface area contributed by atoms with Crippen molar-refractivity contribution in [2.75, 3.05) is 0 Å². The SMILES string of the molecule is CC1CCC(I)c2ccccc21. The van der Waals surface area contributed by atoms with Crippen LogP contribution in [0.5, 0.6) is 0 Å². The summed E-state index contributed by atoms with van der Waals surface area (Å²) in [6.45, 7) is 2.33. The van der Waals surface area contributed by atoms with Gasteiger partial charge in [-0.15, -0.1) is 0 Å². The van der Waals surface area contributed by atoms with Gasteiger partial charge < -0.3 is 0 Å². The van der Waals surface area contributed by atoms with Gasteiger partial charge in [-0.2, -0.15) is 0 Å². The highest BCUT2D eigenvalue weighted by Crippen LogP contribution is 2.41. The lowest BCUT2D eigenvalue weighted by Crippen LogP contribution is -2.08. The summed E-state index contributed by atoms with van der Waals surface area (Å²) in [5, 5.41) is 0. The van der Waals surface area contributed by atoms with Crippen LogP contribution in [0.15, 0.2) is 24.3 Å². The van der Waals surface area contributed by atoms with E-state index < -0.39 is 0 Å². The van der Waals surface area contributed by atoms with Crippen molar-refractivity contribution < 1.29 is 0 Å². The van der Waals surface area contributed by atoms with Gasteiger partial charge in [-0.1, -0.05) is 53.8 Å². The minimum absolute atomic E-state index is 0.745. The third kappa shape index (κ3) is 1.39.